The van der Waals surface area contributed by atoms with Crippen molar-refractivity contribution in [3.05, 3.63) is 0 Å². The second-order valence-electron chi connectivity index (χ2n) is 7.81. The van der Waals surface area contributed by atoms with Crippen molar-refractivity contribution in [3.63, 3.8) is 0 Å². The first kappa shape index (κ1) is 33.7. The predicted molar refractivity (Wildman–Crippen MR) is 129 cm³/mol. The van der Waals surface area contributed by atoms with Crippen LogP contribution in [0, 0.1) is 0 Å². The molecule has 1 unspecified atom stereocenters. The molecule has 0 aromatic heterocycles. The highest BCUT2D eigenvalue weighted by Crippen LogP contribution is 2.69. The second kappa shape index (κ2) is 15.7. The summed E-state index contributed by atoms with van der Waals surface area (Å²) < 4.78 is 22.6. The number of rotatable bonds is 18. The predicted octanol–water partition coefficient (Wildman–Crippen LogP) is -0.334. The Kier molecular flexibility index (Phi) is 15.6. The molecule has 0 aromatic carbocycles. The maximum absolute atomic E-state index is 12.2. The lowest BCUT2D eigenvalue weighted by Crippen LogP contribution is -2.50. The Hall–Kier alpha value is -0.300. The standard InChI is InChI=1S/C17H36Cl2N4O9P2/c1-13(15(24)21-9-4-6-17(26,33(27,28)29)34(30,31)32)22-16(25)14(20)5-2-3-10-23(11-7-18)12-8-19/h13-14,26H,2-12,20H2,1H3,(H,21,24)(H,22,25)(H2,27,28,29)(H2,30,31,32)/t13-,14?/m0/s1. The van der Waals surface area contributed by atoms with Crippen LogP contribution < -0.4 is 16.4 Å². The number of alkyl halides is 2. The van der Waals surface area contributed by atoms with Gasteiger partial charge in [0.1, 0.15) is 6.04 Å². The van der Waals surface area contributed by atoms with Gasteiger partial charge >= 0.3 is 15.2 Å². The molecular formula is C17H36Cl2N4O9P2. The lowest BCUT2D eigenvalue weighted by Gasteiger charge is -2.29. The van der Waals surface area contributed by atoms with Gasteiger partial charge in [0.2, 0.25) is 11.8 Å². The van der Waals surface area contributed by atoms with Crippen molar-refractivity contribution < 1.29 is 43.4 Å². The molecule has 2 atom stereocenters. The number of hydrogen-bond donors (Lipinski definition) is 8. The van der Waals surface area contributed by atoms with Crippen LogP contribution in [0.4, 0.5) is 0 Å². The summed E-state index contributed by atoms with van der Waals surface area (Å²) in [6.45, 7) is 3.34. The maximum atomic E-state index is 12.2. The van der Waals surface area contributed by atoms with Gasteiger partial charge in [-0.05, 0) is 32.7 Å². The highest BCUT2D eigenvalue weighted by Gasteiger charge is 2.58. The van der Waals surface area contributed by atoms with Crippen LogP contribution in [0.1, 0.15) is 39.0 Å². The number of nitrogens with one attached hydrogen (secondary N) is 2. The summed E-state index contributed by atoms with van der Waals surface area (Å²) in [5, 5.41) is 11.1. The monoisotopic (exact) mass is 572 g/mol. The zero-order chi connectivity index (χ0) is 26.6. The van der Waals surface area contributed by atoms with Gasteiger partial charge in [-0.25, -0.2) is 0 Å². The average molecular weight is 573 g/mol. The van der Waals surface area contributed by atoms with E-state index >= 15 is 0 Å². The van der Waals surface area contributed by atoms with Crippen LogP contribution in [0.25, 0.3) is 0 Å². The van der Waals surface area contributed by atoms with Gasteiger partial charge < -0.3 is 45.9 Å². The van der Waals surface area contributed by atoms with Gasteiger partial charge in [-0.2, -0.15) is 0 Å². The number of nitrogens with two attached hydrogens (primary N) is 1. The molecule has 0 aromatic rings. The molecule has 0 saturated carbocycles. The van der Waals surface area contributed by atoms with E-state index in [-0.39, 0.29) is 13.0 Å². The molecule has 9 N–H and O–H groups in total. The Labute approximate surface area is 209 Å². The summed E-state index contributed by atoms with van der Waals surface area (Å²) in [5.41, 5.74) is 5.88. The Bertz CT molecular complexity index is 710. The van der Waals surface area contributed by atoms with Gasteiger partial charge in [-0.3, -0.25) is 18.7 Å². The summed E-state index contributed by atoms with van der Waals surface area (Å²) in [7, 11) is -11.1. The molecule has 17 heteroatoms. The van der Waals surface area contributed by atoms with Crippen LogP contribution in [0.5, 0.6) is 0 Å². The first-order valence-electron chi connectivity index (χ1n) is 10.6. The lowest BCUT2D eigenvalue weighted by molar-refractivity contribution is -0.129. The zero-order valence-electron chi connectivity index (χ0n) is 19.0. The first-order valence-corrected chi connectivity index (χ1v) is 14.9. The maximum Gasteiger partial charge on any atom is 0.369 e. The third-order valence-corrected chi connectivity index (χ3v) is 9.27. The smallest absolute Gasteiger partial charge is 0.368 e. The number of unbranched alkanes of at least 4 members (excludes halogenated alkanes) is 1. The van der Waals surface area contributed by atoms with E-state index in [0.717, 1.165) is 13.0 Å². The van der Waals surface area contributed by atoms with E-state index in [1.807, 2.05) is 0 Å². The van der Waals surface area contributed by atoms with E-state index in [1.54, 1.807) is 0 Å². The molecule has 0 rings (SSSR count). The topological polar surface area (TPSA) is 223 Å². The van der Waals surface area contributed by atoms with Crippen LogP contribution in [0.2, 0.25) is 0 Å². The quantitative estimate of drug-likeness (QED) is 0.0602. The zero-order valence-corrected chi connectivity index (χ0v) is 22.3. The molecule has 34 heavy (non-hydrogen) atoms. The summed E-state index contributed by atoms with van der Waals surface area (Å²) in [6.07, 6.45) is 0.571. The van der Waals surface area contributed by atoms with E-state index in [0.29, 0.717) is 37.7 Å². The largest absolute Gasteiger partial charge is 0.369 e. The van der Waals surface area contributed by atoms with Crippen LogP contribution in [-0.4, -0.2) is 96.5 Å². The van der Waals surface area contributed by atoms with Crippen molar-refractivity contribution in [2.75, 3.05) is 37.9 Å². The normalized spacial score (nSPS) is 14.6. The van der Waals surface area contributed by atoms with Crippen molar-refractivity contribution in [2.45, 2.75) is 56.2 Å². The summed E-state index contributed by atoms with van der Waals surface area (Å²) >= 11 is 11.5. The van der Waals surface area contributed by atoms with E-state index in [2.05, 4.69) is 15.5 Å². The molecule has 202 valence electrons. The van der Waals surface area contributed by atoms with Crippen molar-refractivity contribution in [3.8, 4) is 0 Å². The summed E-state index contributed by atoms with van der Waals surface area (Å²) in [5.74, 6) is -0.187. The van der Waals surface area contributed by atoms with Gasteiger partial charge in [0.25, 0.3) is 5.08 Å². The van der Waals surface area contributed by atoms with Crippen LogP contribution in [-0.2, 0) is 18.7 Å². The number of aliphatic hydroxyl groups is 1. The van der Waals surface area contributed by atoms with Gasteiger partial charge in [0.05, 0.1) is 6.04 Å². The average Bonchev–Trinajstić information content (AvgIpc) is 2.72. The van der Waals surface area contributed by atoms with E-state index in [4.69, 9.17) is 48.5 Å². The number of nitrogens with zero attached hydrogens (tertiary/aromatic N) is 1. The minimum absolute atomic E-state index is 0.255. The Morgan fingerprint density at radius 3 is 1.97 bits per heavy atom. The van der Waals surface area contributed by atoms with E-state index in [1.165, 1.54) is 6.92 Å². The summed E-state index contributed by atoms with van der Waals surface area (Å²) in [6, 6.07) is -1.81. The van der Waals surface area contributed by atoms with Crippen molar-refractivity contribution in [1.29, 1.82) is 0 Å². The molecule has 0 radical (unpaired) electrons. The van der Waals surface area contributed by atoms with Crippen molar-refractivity contribution in [2.24, 2.45) is 5.73 Å². The van der Waals surface area contributed by atoms with Crippen molar-refractivity contribution in [1.82, 2.24) is 15.5 Å². The fraction of sp³-hybridized carbons (Fsp3) is 0.882. The van der Waals surface area contributed by atoms with E-state index in [9.17, 15) is 23.8 Å². The van der Waals surface area contributed by atoms with Gasteiger partial charge in [0, 0.05) is 37.8 Å². The molecule has 0 heterocycles. The van der Waals surface area contributed by atoms with Crippen LogP contribution >= 0.6 is 38.4 Å². The number of hydrogen-bond acceptors (Lipinski definition) is 7. The fourth-order valence-corrected chi connectivity index (χ4v) is 5.68. The molecule has 0 spiro atoms. The highest BCUT2D eigenvalue weighted by molar-refractivity contribution is 7.72. The van der Waals surface area contributed by atoms with Gasteiger partial charge in [-0.1, -0.05) is 6.42 Å². The SMILES string of the molecule is C[C@H](NC(=O)C(N)CCCCN(CCCl)CCCl)C(=O)NCCCC(O)(P(=O)(O)O)P(=O)(O)O. The second-order valence-corrected chi connectivity index (χ2v) is 12.6. The Balaban J connectivity index is 4.42. The minimum Gasteiger partial charge on any atom is -0.368 e. The van der Waals surface area contributed by atoms with Crippen LogP contribution in [0.15, 0.2) is 0 Å². The third-order valence-electron chi connectivity index (χ3n) is 5.05. The van der Waals surface area contributed by atoms with Gasteiger partial charge in [-0.15, -0.1) is 23.2 Å². The summed E-state index contributed by atoms with van der Waals surface area (Å²) in [4.78, 5) is 62.8. The third kappa shape index (κ3) is 11.6. The number of amides is 2. The molecule has 2 amide bonds. The van der Waals surface area contributed by atoms with Crippen LogP contribution in [0.3, 0.4) is 0 Å². The lowest BCUT2D eigenvalue weighted by atomic mass is 10.1. The van der Waals surface area contributed by atoms with Crippen molar-refractivity contribution >= 4 is 50.2 Å². The molecule has 0 saturated heterocycles. The minimum atomic E-state index is -5.55. The number of halogens is 2. The highest BCUT2D eigenvalue weighted by atomic mass is 35.5. The molecule has 0 bridgehead atoms. The Morgan fingerprint density at radius 2 is 1.50 bits per heavy atom. The fourth-order valence-electron chi connectivity index (χ4n) is 2.94. The Morgan fingerprint density at radius 1 is 0.971 bits per heavy atom. The van der Waals surface area contributed by atoms with E-state index < -0.39 is 50.6 Å². The molecule has 0 aliphatic rings. The molecular weight excluding hydrogens is 537 g/mol. The van der Waals surface area contributed by atoms with Gasteiger partial charge in [0.15, 0.2) is 0 Å². The first-order chi connectivity index (χ1) is 15.6. The number of carbonyl (C=O) groups is 2. The molecule has 0 aliphatic heterocycles. The number of carbonyl (C=O) groups excluding carboxylic acids is 2. The molecule has 0 fully saturated rings. The molecule has 13 nitrogen and oxygen atoms in total. The molecule has 0 aliphatic carbocycles.